The largest absolute Gasteiger partial charge is 0.460 e. The number of hydrogen-bond donors (Lipinski definition) is 1. The molecule has 2 rings (SSSR count). The van der Waals surface area contributed by atoms with Crippen molar-refractivity contribution in [1.82, 2.24) is 0 Å². The number of Topliss-reactive ketones (excluding diaryl/α,β-unsaturated/α-hetero) is 1. The lowest BCUT2D eigenvalue weighted by Gasteiger charge is -2.09. The summed E-state index contributed by atoms with van der Waals surface area (Å²) in [5.41, 5.74) is 0.853. The third-order valence-corrected chi connectivity index (χ3v) is 4.50. The summed E-state index contributed by atoms with van der Waals surface area (Å²) in [5.74, 6) is -1.47. The molecule has 0 aromatic heterocycles. The summed E-state index contributed by atoms with van der Waals surface area (Å²) in [6.07, 6.45) is 0. The first-order valence-corrected chi connectivity index (χ1v) is 9.16. The highest BCUT2D eigenvalue weighted by Crippen LogP contribution is 2.31. The van der Waals surface area contributed by atoms with Gasteiger partial charge in [-0.2, -0.15) is 0 Å². The van der Waals surface area contributed by atoms with Crippen molar-refractivity contribution < 1.29 is 29.1 Å². The van der Waals surface area contributed by atoms with Gasteiger partial charge in [-0.15, -0.1) is 0 Å². The Bertz CT molecular complexity index is 892. The summed E-state index contributed by atoms with van der Waals surface area (Å²) < 4.78 is 4.98. The molecule has 0 aliphatic rings. The van der Waals surface area contributed by atoms with Gasteiger partial charge in [-0.05, 0) is 43.3 Å². The average molecular weight is 401 g/mol. The van der Waals surface area contributed by atoms with Crippen LogP contribution in [0.1, 0.15) is 34.6 Å². The van der Waals surface area contributed by atoms with Gasteiger partial charge in [-0.3, -0.25) is 4.79 Å². The number of ketones is 1. The molecule has 0 radical (unpaired) electrons. The predicted octanol–water partition coefficient (Wildman–Crippen LogP) is 3.11. The number of rotatable bonds is 8. The van der Waals surface area contributed by atoms with Crippen molar-refractivity contribution in [3.05, 3.63) is 59.7 Å². The molecule has 2 aromatic carbocycles. The fraction of sp³-hybridized carbons (Fsp3) is 0.200. The SMILES string of the molecule is CC(=O)ON=C(C)C(=O)c1ccc(Sc2ccccc2C(=O)OCCO)cc1. The van der Waals surface area contributed by atoms with Crippen LogP contribution in [-0.4, -0.2) is 41.8 Å². The first-order valence-electron chi connectivity index (χ1n) is 8.34. The molecule has 0 heterocycles. The van der Waals surface area contributed by atoms with E-state index in [0.29, 0.717) is 16.0 Å². The number of hydrogen-bond acceptors (Lipinski definition) is 8. The highest BCUT2D eigenvalue weighted by molar-refractivity contribution is 7.99. The lowest BCUT2D eigenvalue weighted by Crippen LogP contribution is -2.11. The van der Waals surface area contributed by atoms with E-state index in [1.807, 2.05) is 0 Å². The molecule has 0 bridgehead atoms. The van der Waals surface area contributed by atoms with E-state index in [-0.39, 0.29) is 24.7 Å². The molecule has 0 amide bonds. The van der Waals surface area contributed by atoms with E-state index in [1.165, 1.54) is 25.6 Å². The van der Waals surface area contributed by atoms with E-state index in [2.05, 4.69) is 9.99 Å². The Morgan fingerprint density at radius 3 is 2.36 bits per heavy atom. The van der Waals surface area contributed by atoms with Gasteiger partial charge in [0.2, 0.25) is 5.78 Å². The first kappa shape index (κ1) is 21.3. The summed E-state index contributed by atoms with van der Waals surface area (Å²) in [6, 6.07) is 13.7. The molecule has 0 fully saturated rings. The number of carbonyl (C=O) groups excluding carboxylic acids is 3. The van der Waals surface area contributed by atoms with Crippen LogP contribution < -0.4 is 0 Å². The van der Waals surface area contributed by atoms with Gasteiger partial charge in [-0.25, -0.2) is 9.59 Å². The molecule has 0 unspecified atom stereocenters. The van der Waals surface area contributed by atoms with Crippen LogP contribution >= 0.6 is 11.8 Å². The van der Waals surface area contributed by atoms with Crippen LogP contribution in [0.2, 0.25) is 0 Å². The molecule has 0 atom stereocenters. The average Bonchev–Trinajstić information content (AvgIpc) is 2.70. The number of aliphatic hydroxyl groups excluding tert-OH is 1. The molecular weight excluding hydrogens is 382 g/mol. The summed E-state index contributed by atoms with van der Waals surface area (Å²) >= 11 is 1.34. The monoisotopic (exact) mass is 401 g/mol. The molecule has 146 valence electrons. The highest BCUT2D eigenvalue weighted by Gasteiger charge is 2.14. The number of aliphatic hydroxyl groups is 1. The Morgan fingerprint density at radius 2 is 1.71 bits per heavy atom. The number of carbonyl (C=O) groups is 3. The van der Waals surface area contributed by atoms with Gasteiger partial charge in [0, 0.05) is 22.3 Å². The van der Waals surface area contributed by atoms with E-state index >= 15 is 0 Å². The number of nitrogens with zero attached hydrogens (tertiary/aromatic N) is 1. The minimum atomic E-state index is -0.602. The lowest BCUT2D eigenvalue weighted by molar-refractivity contribution is -0.140. The third-order valence-electron chi connectivity index (χ3n) is 3.42. The molecular formula is C20H19NO6S. The van der Waals surface area contributed by atoms with Crippen molar-refractivity contribution in [2.75, 3.05) is 13.2 Å². The summed E-state index contributed by atoms with van der Waals surface area (Å²) in [5, 5.41) is 12.3. The molecule has 1 N–H and O–H groups in total. The van der Waals surface area contributed by atoms with E-state index in [9.17, 15) is 14.4 Å². The maximum absolute atomic E-state index is 12.3. The van der Waals surface area contributed by atoms with Crippen molar-refractivity contribution in [3.8, 4) is 0 Å². The van der Waals surface area contributed by atoms with Crippen LogP contribution in [0, 0.1) is 0 Å². The molecule has 8 heteroatoms. The highest BCUT2D eigenvalue weighted by atomic mass is 32.2. The van der Waals surface area contributed by atoms with Crippen LogP contribution in [-0.2, 0) is 14.4 Å². The van der Waals surface area contributed by atoms with Gasteiger partial charge in [-0.1, -0.05) is 29.1 Å². The molecule has 0 aliphatic heterocycles. The summed E-state index contributed by atoms with van der Waals surface area (Å²) in [6.45, 7) is 2.35. The quantitative estimate of drug-likeness (QED) is 0.238. The van der Waals surface area contributed by atoms with Crippen LogP contribution in [0.25, 0.3) is 0 Å². The first-order chi connectivity index (χ1) is 13.4. The predicted molar refractivity (Wildman–Crippen MR) is 104 cm³/mol. The van der Waals surface area contributed by atoms with Crippen LogP contribution in [0.15, 0.2) is 63.5 Å². The molecule has 0 saturated carbocycles. The molecule has 28 heavy (non-hydrogen) atoms. The second-order valence-electron chi connectivity index (χ2n) is 5.57. The van der Waals surface area contributed by atoms with Gasteiger partial charge >= 0.3 is 11.9 Å². The van der Waals surface area contributed by atoms with Crippen LogP contribution in [0.5, 0.6) is 0 Å². The van der Waals surface area contributed by atoms with E-state index < -0.39 is 11.9 Å². The molecule has 7 nitrogen and oxygen atoms in total. The zero-order chi connectivity index (χ0) is 20.5. The van der Waals surface area contributed by atoms with Crippen molar-refractivity contribution in [3.63, 3.8) is 0 Å². The zero-order valence-electron chi connectivity index (χ0n) is 15.4. The summed E-state index contributed by atoms with van der Waals surface area (Å²) in [7, 11) is 0. The van der Waals surface area contributed by atoms with Crippen LogP contribution in [0.4, 0.5) is 0 Å². The Kier molecular flexibility index (Phi) is 7.91. The maximum atomic E-state index is 12.3. The standard InChI is InChI=1S/C20H19NO6S/c1-13(21-27-14(2)23)19(24)15-7-9-16(10-8-15)28-18-6-4-3-5-17(18)20(25)26-12-11-22/h3-10,22H,11-12H2,1-2H3. The minimum absolute atomic E-state index is 0.0626. The van der Waals surface area contributed by atoms with E-state index in [4.69, 9.17) is 9.84 Å². The second-order valence-corrected chi connectivity index (χ2v) is 6.69. The van der Waals surface area contributed by atoms with Gasteiger partial charge in [0.1, 0.15) is 12.3 Å². The van der Waals surface area contributed by atoms with Gasteiger partial charge in [0.25, 0.3) is 0 Å². The Hall–Kier alpha value is -2.97. The molecule has 2 aromatic rings. The summed E-state index contributed by atoms with van der Waals surface area (Å²) in [4.78, 5) is 41.1. The number of ether oxygens (including phenoxy) is 1. The minimum Gasteiger partial charge on any atom is -0.460 e. The molecule has 0 spiro atoms. The topological polar surface area (TPSA) is 102 Å². The van der Waals surface area contributed by atoms with E-state index in [1.54, 1.807) is 48.5 Å². The lowest BCUT2D eigenvalue weighted by atomic mass is 10.1. The normalized spacial score (nSPS) is 11.0. The zero-order valence-corrected chi connectivity index (χ0v) is 16.2. The third kappa shape index (κ3) is 6.04. The van der Waals surface area contributed by atoms with Gasteiger partial charge in [0.15, 0.2) is 0 Å². The Labute approximate surface area is 166 Å². The fourth-order valence-electron chi connectivity index (χ4n) is 2.12. The molecule has 0 aliphatic carbocycles. The number of oxime groups is 1. The number of esters is 1. The maximum Gasteiger partial charge on any atom is 0.339 e. The van der Waals surface area contributed by atoms with Gasteiger partial charge < -0.3 is 14.7 Å². The molecule has 0 saturated heterocycles. The van der Waals surface area contributed by atoms with Crippen molar-refractivity contribution in [2.45, 2.75) is 23.6 Å². The Morgan fingerprint density at radius 1 is 1.04 bits per heavy atom. The fourth-order valence-corrected chi connectivity index (χ4v) is 3.06. The Balaban J connectivity index is 2.13. The second kappa shape index (κ2) is 10.4. The van der Waals surface area contributed by atoms with Crippen molar-refractivity contribution in [1.29, 1.82) is 0 Å². The van der Waals surface area contributed by atoms with Crippen molar-refractivity contribution >= 4 is 35.2 Å². The van der Waals surface area contributed by atoms with E-state index in [0.717, 1.165) is 4.90 Å². The number of benzene rings is 2. The van der Waals surface area contributed by atoms with Crippen molar-refractivity contribution in [2.24, 2.45) is 5.16 Å². The van der Waals surface area contributed by atoms with Gasteiger partial charge in [0.05, 0.1) is 12.2 Å². The smallest absolute Gasteiger partial charge is 0.339 e. The van der Waals surface area contributed by atoms with Crippen LogP contribution in [0.3, 0.4) is 0 Å².